The van der Waals surface area contributed by atoms with Crippen LogP contribution in [0, 0.1) is 5.92 Å². The molecule has 0 saturated carbocycles. The van der Waals surface area contributed by atoms with Gasteiger partial charge in [-0.1, -0.05) is 30.7 Å². The smallest absolute Gasteiger partial charge is 0.226 e. The minimum Gasteiger partial charge on any atom is -0.354 e. The maximum atomic E-state index is 12.6. The van der Waals surface area contributed by atoms with Crippen LogP contribution in [-0.4, -0.2) is 43.0 Å². The number of carbonyl (C=O) groups is 1. The molecule has 3 atom stereocenters. The van der Waals surface area contributed by atoms with Gasteiger partial charge < -0.3 is 5.32 Å². The summed E-state index contributed by atoms with van der Waals surface area (Å²) in [6.45, 7) is 5.62. The molecule has 0 aliphatic carbocycles. The molecule has 1 aromatic rings. The number of amides is 1. The van der Waals surface area contributed by atoms with Gasteiger partial charge in [-0.05, 0) is 50.0 Å². The fourth-order valence-corrected chi connectivity index (χ4v) is 3.86. The number of nitrogens with one attached hydrogen (secondary N) is 3. The molecule has 3 rings (SSSR count). The minimum absolute atomic E-state index is 0.000513. The van der Waals surface area contributed by atoms with E-state index in [0.717, 1.165) is 24.5 Å². The molecule has 132 valence electrons. The molecule has 0 bridgehead atoms. The van der Waals surface area contributed by atoms with Crippen LogP contribution in [0.15, 0.2) is 24.3 Å². The minimum atomic E-state index is -0.000513. The van der Waals surface area contributed by atoms with E-state index >= 15 is 0 Å². The van der Waals surface area contributed by atoms with Crippen molar-refractivity contribution < 1.29 is 4.79 Å². The van der Waals surface area contributed by atoms with Crippen LogP contribution >= 0.6 is 11.6 Å². The van der Waals surface area contributed by atoms with Crippen LogP contribution in [-0.2, 0) is 4.79 Å². The third-order valence-electron chi connectivity index (χ3n) is 5.18. The Morgan fingerprint density at radius 2 is 2.04 bits per heavy atom. The first-order valence-corrected chi connectivity index (χ1v) is 9.32. The van der Waals surface area contributed by atoms with Crippen LogP contribution in [0.4, 0.5) is 0 Å². The highest BCUT2D eigenvalue weighted by atomic mass is 35.5. The zero-order valence-corrected chi connectivity index (χ0v) is 15.0. The second kappa shape index (κ2) is 8.30. The number of hydrogen-bond donors (Lipinski definition) is 3. The van der Waals surface area contributed by atoms with Crippen LogP contribution in [0.2, 0.25) is 5.02 Å². The first-order chi connectivity index (χ1) is 11.7. The van der Waals surface area contributed by atoms with Crippen molar-refractivity contribution in [2.45, 2.75) is 38.3 Å². The van der Waals surface area contributed by atoms with Crippen LogP contribution in [0.1, 0.15) is 37.8 Å². The van der Waals surface area contributed by atoms with Crippen molar-refractivity contribution in [3.05, 3.63) is 34.9 Å². The van der Waals surface area contributed by atoms with E-state index in [1.165, 1.54) is 18.4 Å². The van der Waals surface area contributed by atoms with E-state index in [4.69, 9.17) is 11.6 Å². The average molecular weight is 351 g/mol. The Balaban J connectivity index is 1.65. The van der Waals surface area contributed by atoms with Gasteiger partial charge in [0.25, 0.3) is 0 Å². The van der Waals surface area contributed by atoms with Crippen molar-refractivity contribution in [1.82, 2.24) is 21.1 Å². The highest BCUT2D eigenvalue weighted by Gasteiger charge is 2.32. The van der Waals surface area contributed by atoms with Gasteiger partial charge >= 0.3 is 0 Å². The Hall–Kier alpha value is -1.14. The molecule has 2 aliphatic rings. The summed E-state index contributed by atoms with van der Waals surface area (Å²) in [6, 6.07) is 8.44. The maximum absolute atomic E-state index is 12.6. The summed E-state index contributed by atoms with van der Waals surface area (Å²) in [5.74, 6) is 0.136. The molecule has 1 aromatic carbocycles. The van der Waals surface area contributed by atoms with Crippen molar-refractivity contribution in [2.24, 2.45) is 5.92 Å². The number of carbonyl (C=O) groups excluding carboxylic acids is 1. The fraction of sp³-hybridized carbons (Fsp3) is 0.611. The highest BCUT2D eigenvalue weighted by Crippen LogP contribution is 2.26. The number of likely N-dealkylation sites (tertiary alicyclic amines) is 1. The van der Waals surface area contributed by atoms with Gasteiger partial charge in [-0.25, -0.2) is 0 Å². The normalized spacial score (nSPS) is 25.8. The van der Waals surface area contributed by atoms with Gasteiger partial charge in [-0.2, -0.15) is 0 Å². The van der Waals surface area contributed by atoms with Gasteiger partial charge in [-0.15, -0.1) is 0 Å². The Kier molecular flexibility index (Phi) is 6.11. The molecular formula is C18H27ClN4O. The summed E-state index contributed by atoms with van der Waals surface area (Å²) in [6.07, 6.45) is 3.40. The van der Waals surface area contributed by atoms with E-state index in [1.54, 1.807) is 0 Å². The topological polar surface area (TPSA) is 56.4 Å². The molecular weight excluding hydrogens is 324 g/mol. The molecule has 2 heterocycles. The maximum Gasteiger partial charge on any atom is 0.226 e. The van der Waals surface area contributed by atoms with Gasteiger partial charge in [-0.3, -0.25) is 20.5 Å². The predicted octanol–water partition coefficient (Wildman–Crippen LogP) is 2.10. The molecule has 1 amide bonds. The highest BCUT2D eigenvalue weighted by molar-refractivity contribution is 6.30. The van der Waals surface area contributed by atoms with E-state index in [0.29, 0.717) is 13.1 Å². The number of hydrogen-bond acceptors (Lipinski definition) is 4. The van der Waals surface area contributed by atoms with E-state index in [9.17, 15) is 4.79 Å². The van der Waals surface area contributed by atoms with Gasteiger partial charge in [0.1, 0.15) is 0 Å². The van der Waals surface area contributed by atoms with E-state index < -0.39 is 0 Å². The lowest BCUT2D eigenvalue weighted by Gasteiger charge is -2.29. The summed E-state index contributed by atoms with van der Waals surface area (Å²) in [4.78, 5) is 15.1. The fourth-order valence-electron chi connectivity index (χ4n) is 3.73. The largest absolute Gasteiger partial charge is 0.354 e. The van der Waals surface area contributed by atoms with Crippen LogP contribution in [0.5, 0.6) is 0 Å². The quantitative estimate of drug-likeness (QED) is 0.735. The standard InChI is InChI=1S/C18H27ClN4O/c1-2-16-15(11-21-22-16)18(24)20-12-17(23-9-3-4-10-23)13-5-7-14(19)8-6-13/h5-8,15-17,21-22H,2-4,9-12H2,1H3,(H,20,24). The Labute approximate surface area is 149 Å². The van der Waals surface area contributed by atoms with E-state index in [1.807, 2.05) is 12.1 Å². The van der Waals surface area contributed by atoms with Gasteiger partial charge in [0, 0.05) is 24.2 Å². The zero-order valence-electron chi connectivity index (χ0n) is 14.2. The third-order valence-corrected chi connectivity index (χ3v) is 5.43. The van der Waals surface area contributed by atoms with Crippen LogP contribution in [0.3, 0.4) is 0 Å². The summed E-state index contributed by atoms with van der Waals surface area (Å²) < 4.78 is 0. The predicted molar refractivity (Wildman–Crippen MR) is 96.7 cm³/mol. The first kappa shape index (κ1) is 17.7. The van der Waals surface area contributed by atoms with Crippen molar-refractivity contribution in [1.29, 1.82) is 0 Å². The number of nitrogens with zero attached hydrogens (tertiary/aromatic N) is 1. The Bertz CT molecular complexity index is 544. The summed E-state index contributed by atoms with van der Waals surface area (Å²) in [7, 11) is 0. The molecule has 0 radical (unpaired) electrons. The number of halogens is 1. The van der Waals surface area contributed by atoms with Crippen molar-refractivity contribution >= 4 is 17.5 Å². The van der Waals surface area contributed by atoms with Gasteiger partial charge in [0.05, 0.1) is 12.0 Å². The van der Waals surface area contributed by atoms with Crippen LogP contribution < -0.4 is 16.2 Å². The zero-order chi connectivity index (χ0) is 16.9. The first-order valence-electron chi connectivity index (χ1n) is 8.94. The SMILES string of the molecule is CCC1NNCC1C(=O)NCC(c1ccc(Cl)cc1)N1CCCC1. The Morgan fingerprint density at radius 1 is 1.33 bits per heavy atom. The van der Waals surface area contributed by atoms with Gasteiger partial charge in [0.15, 0.2) is 0 Å². The molecule has 2 fully saturated rings. The van der Waals surface area contributed by atoms with Crippen molar-refractivity contribution in [3.63, 3.8) is 0 Å². The molecule has 0 aromatic heterocycles. The lowest BCUT2D eigenvalue weighted by atomic mass is 9.98. The van der Waals surface area contributed by atoms with Crippen molar-refractivity contribution in [3.8, 4) is 0 Å². The Morgan fingerprint density at radius 3 is 2.71 bits per heavy atom. The second-order valence-electron chi connectivity index (χ2n) is 6.70. The summed E-state index contributed by atoms with van der Waals surface area (Å²) >= 11 is 6.02. The molecule has 5 nitrogen and oxygen atoms in total. The van der Waals surface area contributed by atoms with Crippen LogP contribution in [0.25, 0.3) is 0 Å². The molecule has 3 unspecified atom stereocenters. The van der Waals surface area contributed by atoms with E-state index in [2.05, 4.69) is 40.1 Å². The number of rotatable bonds is 6. The average Bonchev–Trinajstić information content (AvgIpc) is 3.27. The molecule has 24 heavy (non-hydrogen) atoms. The molecule has 6 heteroatoms. The third kappa shape index (κ3) is 4.09. The lowest BCUT2D eigenvalue weighted by Crippen LogP contribution is -2.43. The molecule has 2 aliphatic heterocycles. The summed E-state index contributed by atoms with van der Waals surface area (Å²) in [5.41, 5.74) is 7.50. The van der Waals surface area contributed by atoms with E-state index in [-0.39, 0.29) is 23.9 Å². The molecule has 3 N–H and O–H groups in total. The van der Waals surface area contributed by atoms with Crippen molar-refractivity contribution in [2.75, 3.05) is 26.2 Å². The number of hydrazine groups is 1. The van der Waals surface area contributed by atoms with Gasteiger partial charge in [0.2, 0.25) is 5.91 Å². The molecule has 2 saturated heterocycles. The lowest BCUT2D eigenvalue weighted by molar-refractivity contribution is -0.125. The molecule has 0 spiro atoms. The summed E-state index contributed by atoms with van der Waals surface area (Å²) in [5, 5.41) is 3.93. The second-order valence-corrected chi connectivity index (χ2v) is 7.14. The number of benzene rings is 1. The monoisotopic (exact) mass is 350 g/mol.